The van der Waals surface area contributed by atoms with Crippen LogP contribution in [0.5, 0.6) is 11.5 Å². The van der Waals surface area contributed by atoms with Gasteiger partial charge >= 0.3 is 0 Å². The number of nitrogens with zero attached hydrogens (tertiary/aromatic N) is 1. The monoisotopic (exact) mass is 472 g/mol. The molecule has 2 rings (SSSR count). The number of aryl methyl sites for hydroxylation is 1. The number of hydrogen-bond donors (Lipinski definition) is 1. The summed E-state index contributed by atoms with van der Waals surface area (Å²) in [7, 11) is 3.13. The van der Waals surface area contributed by atoms with Crippen molar-refractivity contribution in [2.75, 3.05) is 32.6 Å². The van der Waals surface area contributed by atoms with Crippen LogP contribution in [0.4, 0.5) is 5.69 Å². The third-order valence-corrected chi connectivity index (χ3v) is 4.68. The number of benzene rings is 2. The maximum atomic E-state index is 12.4. The number of rotatable bonds is 9. The van der Waals surface area contributed by atoms with Crippen LogP contribution in [0, 0.1) is 6.92 Å². The molecule has 0 fully saturated rings. The van der Waals surface area contributed by atoms with Gasteiger partial charge in [0.25, 0.3) is 0 Å². The highest BCUT2D eigenvalue weighted by molar-refractivity contribution is 9.10. The molecular formula is C23H25BrN2O4. The van der Waals surface area contributed by atoms with Gasteiger partial charge in [0.1, 0.15) is 6.61 Å². The molecule has 1 N–H and O–H groups in total. The second kappa shape index (κ2) is 11.2. The van der Waals surface area contributed by atoms with Gasteiger partial charge < -0.3 is 19.7 Å². The third kappa shape index (κ3) is 6.77. The summed E-state index contributed by atoms with van der Waals surface area (Å²) in [6, 6.07) is 10.9. The Balaban J connectivity index is 1.96. The minimum absolute atomic E-state index is 0.0592. The molecule has 0 bridgehead atoms. The molecule has 0 saturated heterocycles. The van der Waals surface area contributed by atoms with Gasteiger partial charge in [-0.3, -0.25) is 9.59 Å². The molecule has 0 heterocycles. The molecule has 0 aliphatic heterocycles. The summed E-state index contributed by atoms with van der Waals surface area (Å²) >= 11 is 3.39. The number of likely N-dealkylation sites (N-methyl/N-ethyl adjacent to an activating group) is 1. The Morgan fingerprint density at radius 1 is 1.20 bits per heavy atom. The summed E-state index contributed by atoms with van der Waals surface area (Å²) in [6.45, 7) is 5.83. The second-order valence-corrected chi connectivity index (χ2v) is 7.46. The number of anilines is 1. The number of halogens is 1. The molecule has 0 aliphatic carbocycles. The molecule has 6 nitrogen and oxygen atoms in total. The first-order chi connectivity index (χ1) is 14.3. The highest BCUT2D eigenvalue weighted by atomic mass is 79.9. The Hall–Kier alpha value is -3.06. The number of ether oxygens (including phenoxy) is 2. The summed E-state index contributed by atoms with van der Waals surface area (Å²) in [5.74, 6) is 0.598. The molecule has 158 valence electrons. The first kappa shape index (κ1) is 23.2. The lowest BCUT2D eigenvalue weighted by molar-refractivity contribution is -0.129. The van der Waals surface area contributed by atoms with Crippen LogP contribution < -0.4 is 14.8 Å². The molecule has 2 aromatic carbocycles. The maximum absolute atomic E-state index is 12.4. The number of hydrogen-bond acceptors (Lipinski definition) is 4. The molecule has 30 heavy (non-hydrogen) atoms. The van der Waals surface area contributed by atoms with Crippen molar-refractivity contribution in [2.45, 2.75) is 6.92 Å². The lowest BCUT2D eigenvalue weighted by Crippen LogP contribution is -2.34. The Bertz CT molecular complexity index is 956. The van der Waals surface area contributed by atoms with Crippen LogP contribution >= 0.6 is 15.9 Å². The molecular weight excluding hydrogens is 448 g/mol. The maximum Gasteiger partial charge on any atom is 0.246 e. The van der Waals surface area contributed by atoms with Crippen molar-refractivity contribution in [3.05, 3.63) is 70.7 Å². The Morgan fingerprint density at radius 3 is 2.63 bits per heavy atom. The zero-order valence-corrected chi connectivity index (χ0v) is 18.9. The van der Waals surface area contributed by atoms with Gasteiger partial charge in [0.2, 0.25) is 11.8 Å². The average molecular weight is 473 g/mol. The number of amides is 2. The van der Waals surface area contributed by atoms with E-state index in [9.17, 15) is 9.59 Å². The van der Waals surface area contributed by atoms with Crippen LogP contribution in [0.3, 0.4) is 0 Å². The fourth-order valence-electron chi connectivity index (χ4n) is 2.60. The van der Waals surface area contributed by atoms with E-state index in [1.54, 1.807) is 38.4 Å². The van der Waals surface area contributed by atoms with Crippen LogP contribution in [-0.2, 0) is 9.59 Å². The number of carbonyl (C=O) groups is 2. The minimum atomic E-state index is -0.288. The summed E-state index contributed by atoms with van der Waals surface area (Å²) in [5, 5.41) is 2.82. The van der Waals surface area contributed by atoms with Crippen LogP contribution in [0.1, 0.15) is 11.1 Å². The summed E-state index contributed by atoms with van der Waals surface area (Å²) in [4.78, 5) is 26.0. The predicted octanol–water partition coefficient (Wildman–Crippen LogP) is 4.44. The van der Waals surface area contributed by atoms with E-state index in [-0.39, 0.29) is 18.4 Å². The third-order valence-electron chi connectivity index (χ3n) is 4.18. The van der Waals surface area contributed by atoms with E-state index in [0.29, 0.717) is 23.8 Å². The molecule has 0 aromatic heterocycles. The van der Waals surface area contributed by atoms with Gasteiger partial charge in [0, 0.05) is 23.3 Å². The zero-order chi connectivity index (χ0) is 22.1. The molecule has 0 unspecified atom stereocenters. The average Bonchev–Trinajstić information content (AvgIpc) is 2.72. The largest absolute Gasteiger partial charge is 0.493 e. The number of methoxy groups -OCH3 is 1. The summed E-state index contributed by atoms with van der Waals surface area (Å²) < 4.78 is 11.8. The van der Waals surface area contributed by atoms with Crippen LogP contribution in [-0.4, -0.2) is 44.0 Å². The van der Waals surface area contributed by atoms with Gasteiger partial charge in [-0.05, 0) is 54.5 Å². The number of nitrogens with one attached hydrogen (secondary N) is 1. The van der Waals surface area contributed by atoms with E-state index < -0.39 is 0 Å². The van der Waals surface area contributed by atoms with Crippen molar-refractivity contribution in [1.29, 1.82) is 0 Å². The zero-order valence-electron chi connectivity index (χ0n) is 17.3. The smallest absolute Gasteiger partial charge is 0.246 e. The van der Waals surface area contributed by atoms with E-state index in [1.165, 1.54) is 11.0 Å². The summed E-state index contributed by atoms with van der Waals surface area (Å²) in [5.41, 5.74) is 2.42. The normalized spacial score (nSPS) is 10.5. The molecule has 0 saturated carbocycles. The molecule has 0 spiro atoms. The van der Waals surface area contributed by atoms with Gasteiger partial charge in [0.15, 0.2) is 11.5 Å². The van der Waals surface area contributed by atoms with Crippen LogP contribution in [0.2, 0.25) is 0 Å². The fourth-order valence-corrected chi connectivity index (χ4v) is 3.08. The van der Waals surface area contributed by atoms with Crippen molar-refractivity contribution in [3.8, 4) is 11.5 Å². The van der Waals surface area contributed by atoms with Crippen molar-refractivity contribution < 1.29 is 19.1 Å². The Labute approximate surface area is 185 Å². The highest BCUT2D eigenvalue weighted by Crippen LogP contribution is 2.28. The van der Waals surface area contributed by atoms with Crippen molar-refractivity contribution in [2.24, 2.45) is 0 Å². The topological polar surface area (TPSA) is 67.9 Å². The Morgan fingerprint density at radius 2 is 1.97 bits per heavy atom. The van der Waals surface area contributed by atoms with E-state index in [2.05, 4.69) is 27.8 Å². The standard InChI is InChI=1S/C23H25BrN2O4/c1-5-12-30-20-10-6-17(14-21(20)29-4)7-11-23(28)26(3)15-22(27)25-19-9-8-18(24)13-16(19)2/h5-11,13-14H,1,12,15H2,2-4H3,(H,25,27)/b11-7+. The lowest BCUT2D eigenvalue weighted by atomic mass is 10.2. The SMILES string of the molecule is C=CCOc1ccc(/C=C/C(=O)N(C)CC(=O)Nc2ccc(Br)cc2C)cc1OC. The Kier molecular flexibility index (Phi) is 8.68. The first-order valence-electron chi connectivity index (χ1n) is 9.25. The van der Waals surface area contributed by atoms with Gasteiger partial charge in [-0.25, -0.2) is 0 Å². The minimum Gasteiger partial charge on any atom is -0.493 e. The molecule has 7 heteroatoms. The van der Waals surface area contributed by atoms with E-state index in [1.807, 2.05) is 31.2 Å². The van der Waals surface area contributed by atoms with Gasteiger partial charge in [0.05, 0.1) is 13.7 Å². The molecule has 2 amide bonds. The molecule has 0 atom stereocenters. The van der Waals surface area contributed by atoms with Gasteiger partial charge in [-0.1, -0.05) is 34.7 Å². The van der Waals surface area contributed by atoms with Crippen LogP contribution in [0.15, 0.2) is 59.6 Å². The lowest BCUT2D eigenvalue weighted by Gasteiger charge is -2.16. The highest BCUT2D eigenvalue weighted by Gasteiger charge is 2.12. The van der Waals surface area contributed by atoms with Crippen molar-refractivity contribution in [1.82, 2.24) is 4.90 Å². The van der Waals surface area contributed by atoms with Gasteiger partial charge in [-0.15, -0.1) is 0 Å². The predicted molar refractivity (Wildman–Crippen MR) is 123 cm³/mol. The molecule has 0 aliphatic rings. The first-order valence-corrected chi connectivity index (χ1v) is 10.0. The van der Waals surface area contributed by atoms with Crippen LogP contribution in [0.25, 0.3) is 6.08 Å². The van der Waals surface area contributed by atoms with Crippen molar-refractivity contribution >= 4 is 39.5 Å². The number of carbonyl (C=O) groups excluding carboxylic acids is 2. The molecule has 0 radical (unpaired) electrons. The second-order valence-electron chi connectivity index (χ2n) is 6.55. The molecule has 2 aromatic rings. The van der Waals surface area contributed by atoms with E-state index in [4.69, 9.17) is 9.47 Å². The van der Waals surface area contributed by atoms with E-state index >= 15 is 0 Å². The van der Waals surface area contributed by atoms with Gasteiger partial charge in [-0.2, -0.15) is 0 Å². The fraction of sp³-hybridized carbons (Fsp3) is 0.217. The quantitative estimate of drug-likeness (QED) is 0.432. The summed E-state index contributed by atoms with van der Waals surface area (Å²) in [6.07, 6.45) is 4.72. The van der Waals surface area contributed by atoms with E-state index in [0.717, 1.165) is 15.6 Å². The van der Waals surface area contributed by atoms with Crippen molar-refractivity contribution in [3.63, 3.8) is 0 Å².